The van der Waals surface area contributed by atoms with Gasteiger partial charge in [-0.1, -0.05) is 23.2 Å². The molecule has 2 aromatic heterocycles. The molecule has 0 saturated carbocycles. The molecule has 1 atom stereocenters. The number of benzene rings is 1. The predicted octanol–water partition coefficient (Wildman–Crippen LogP) is 4.73. The Balaban J connectivity index is 1.68. The number of hydrogen-bond acceptors (Lipinski definition) is 6. The molecule has 5 nitrogen and oxygen atoms in total. The van der Waals surface area contributed by atoms with Crippen LogP contribution in [0, 0.1) is 5.82 Å². The quantitative estimate of drug-likeness (QED) is 0.568. The minimum Gasteiger partial charge on any atom is -0.588 e. The van der Waals surface area contributed by atoms with Gasteiger partial charge in [0.2, 0.25) is 0 Å². The number of pyridine rings is 1. The van der Waals surface area contributed by atoms with E-state index in [2.05, 4.69) is 20.0 Å². The molecule has 2 heterocycles. The van der Waals surface area contributed by atoms with Gasteiger partial charge in [-0.15, -0.1) is 11.3 Å². The highest BCUT2D eigenvalue weighted by molar-refractivity contribution is 7.92. The molecule has 25 heavy (non-hydrogen) atoms. The monoisotopic (exact) mass is 416 g/mol. The van der Waals surface area contributed by atoms with Crippen molar-refractivity contribution in [3.8, 4) is 0 Å². The van der Waals surface area contributed by atoms with E-state index in [-0.39, 0.29) is 17.4 Å². The Kier molecular flexibility index (Phi) is 5.98. The topological polar surface area (TPSA) is 72.9 Å². The van der Waals surface area contributed by atoms with Gasteiger partial charge in [-0.2, -0.15) is 4.72 Å². The molecule has 0 bridgehead atoms. The molecule has 3 rings (SSSR count). The number of hydrogen-bond donors (Lipinski definition) is 2. The van der Waals surface area contributed by atoms with Gasteiger partial charge in [-0.3, -0.25) is 0 Å². The maximum absolute atomic E-state index is 13.7. The molecular weight excluding hydrogens is 406 g/mol. The Morgan fingerprint density at radius 3 is 2.80 bits per heavy atom. The third-order valence-corrected chi connectivity index (χ3v) is 5.27. The first-order valence-corrected chi connectivity index (χ1v) is 9.78. The van der Waals surface area contributed by atoms with Crippen LogP contribution in [0.4, 0.5) is 16.0 Å². The van der Waals surface area contributed by atoms with E-state index < -0.39 is 11.4 Å². The highest BCUT2D eigenvalue weighted by atomic mass is 35.5. The van der Waals surface area contributed by atoms with Crippen LogP contribution in [-0.4, -0.2) is 14.5 Å². The number of aromatic nitrogens is 2. The van der Waals surface area contributed by atoms with Gasteiger partial charge in [0.05, 0.1) is 16.7 Å². The maximum Gasteiger partial charge on any atom is 0.199 e. The van der Waals surface area contributed by atoms with Crippen molar-refractivity contribution in [3.05, 3.63) is 62.8 Å². The third kappa shape index (κ3) is 4.74. The second-order valence-electron chi connectivity index (χ2n) is 4.84. The fourth-order valence-corrected chi connectivity index (χ4v) is 3.77. The molecule has 10 heteroatoms. The van der Waals surface area contributed by atoms with Crippen molar-refractivity contribution in [2.24, 2.45) is 0 Å². The van der Waals surface area contributed by atoms with Gasteiger partial charge in [0.15, 0.2) is 10.7 Å². The molecule has 0 amide bonds. The minimum atomic E-state index is -1.54. The fraction of sp³-hybridized carbons (Fsp3) is 0.0667. The average molecular weight is 417 g/mol. The lowest BCUT2D eigenvalue weighted by Crippen LogP contribution is -2.14. The highest BCUT2D eigenvalue weighted by Crippen LogP contribution is 2.25. The zero-order chi connectivity index (χ0) is 17.8. The SMILES string of the molecule is [O-][S+](Nc1cscn1)c1cnc(NCc2cc(Cl)ccc2F)c(Cl)c1. The van der Waals surface area contributed by atoms with Gasteiger partial charge in [-0.05, 0) is 18.2 Å². The van der Waals surface area contributed by atoms with E-state index in [1.165, 1.54) is 41.8 Å². The van der Waals surface area contributed by atoms with Gasteiger partial charge < -0.3 is 9.87 Å². The third-order valence-electron chi connectivity index (χ3n) is 3.11. The van der Waals surface area contributed by atoms with Crippen LogP contribution in [-0.2, 0) is 17.9 Å². The predicted molar refractivity (Wildman–Crippen MR) is 100 cm³/mol. The summed E-state index contributed by atoms with van der Waals surface area (Å²) in [6, 6.07) is 5.83. The summed E-state index contributed by atoms with van der Waals surface area (Å²) in [6.07, 6.45) is 1.43. The van der Waals surface area contributed by atoms with E-state index in [0.29, 0.717) is 27.1 Å². The number of rotatable bonds is 6. The summed E-state index contributed by atoms with van der Waals surface area (Å²) in [5.41, 5.74) is 2.02. The van der Waals surface area contributed by atoms with E-state index in [4.69, 9.17) is 23.2 Å². The normalized spacial score (nSPS) is 12.0. The highest BCUT2D eigenvalue weighted by Gasteiger charge is 2.16. The summed E-state index contributed by atoms with van der Waals surface area (Å²) < 4.78 is 28.7. The molecule has 0 aliphatic rings. The Hall–Kier alpha value is -1.58. The first-order valence-electron chi connectivity index (χ1n) is 6.93. The van der Waals surface area contributed by atoms with Gasteiger partial charge >= 0.3 is 0 Å². The van der Waals surface area contributed by atoms with Gasteiger partial charge in [0, 0.05) is 28.6 Å². The van der Waals surface area contributed by atoms with Crippen molar-refractivity contribution in [2.45, 2.75) is 11.4 Å². The number of nitrogens with one attached hydrogen (secondary N) is 2. The second kappa shape index (κ2) is 8.20. The summed E-state index contributed by atoms with van der Waals surface area (Å²) in [5, 5.41) is 5.39. The molecule has 0 fully saturated rings. The lowest BCUT2D eigenvalue weighted by atomic mass is 10.2. The molecule has 1 aromatic carbocycles. The van der Waals surface area contributed by atoms with Crippen molar-refractivity contribution in [1.29, 1.82) is 0 Å². The first-order chi connectivity index (χ1) is 12.0. The maximum atomic E-state index is 13.7. The Labute approximate surface area is 160 Å². The van der Waals surface area contributed by atoms with Gasteiger partial charge in [0.25, 0.3) is 0 Å². The number of halogens is 3. The lowest BCUT2D eigenvalue weighted by Gasteiger charge is -2.12. The first kappa shape index (κ1) is 18.2. The van der Waals surface area contributed by atoms with Crippen LogP contribution in [0.5, 0.6) is 0 Å². The Bertz CT molecular complexity index is 867. The Morgan fingerprint density at radius 1 is 1.24 bits per heavy atom. The molecule has 1 unspecified atom stereocenters. The van der Waals surface area contributed by atoms with Crippen molar-refractivity contribution < 1.29 is 8.94 Å². The Morgan fingerprint density at radius 2 is 2.08 bits per heavy atom. The second-order valence-corrected chi connectivity index (χ2v) is 7.61. The van der Waals surface area contributed by atoms with E-state index in [9.17, 15) is 8.94 Å². The van der Waals surface area contributed by atoms with Crippen LogP contribution in [0.25, 0.3) is 0 Å². The zero-order valence-corrected chi connectivity index (χ0v) is 15.6. The van der Waals surface area contributed by atoms with E-state index in [1.807, 2.05) is 0 Å². The molecular formula is C15H11Cl2FN4OS2. The smallest absolute Gasteiger partial charge is 0.199 e. The van der Waals surface area contributed by atoms with Gasteiger partial charge in [0.1, 0.15) is 23.0 Å². The van der Waals surface area contributed by atoms with Crippen LogP contribution < -0.4 is 10.0 Å². The summed E-state index contributed by atoms with van der Waals surface area (Å²) >= 11 is 11.9. The molecule has 0 aliphatic heterocycles. The summed E-state index contributed by atoms with van der Waals surface area (Å²) in [6.45, 7) is 0.165. The zero-order valence-electron chi connectivity index (χ0n) is 12.5. The molecule has 2 N–H and O–H groups in total. The number of anilines is 2. The van der Waals surface area contributed by atoms with Crippen LogP contribution >= 0.6 is 34.5 Å². The largest absolute Gasteiger partial charge is 0.588 e. The van der Waals surface area contributed by atoms with Crippen LogP contribution in [0.15, 0.2) is 46.2 Å². The molecule has 0 spiro atoms. The summed E-state index contributed by atoms with van der Waals surface area (Å²) in [7, 11) is 0. The standard InChI is InChI=1S/C15H11Cl2FN4OS2/c16-10-1-2-13(18)9(3-10)5-19-15-12(17)4-11(6-20-15)25(23)22-14-7-24-8-21-14/h1-4,6-8,22H,5H2,(H,19,20). The minimum absolute atomic E-state index is 0.165. The average Bonchev–Trinajstić information content (AvgIpc) is 3.09. The van der Waals surface area contributed by atoms with E-state index in [0.717, 1.165) is 0 Å². The lowest BCUT2D eigenvalue weighted by molar-refractivity contribution is 0.599. The molecule has 0 saturated heterocycles. The van der Waals surface area contributed by atoms with Crippen LogP contribution in [0.3, 0.4) is 0 Å². The van der Waals surface area contributed by atoms with Crippen LogP contribution in [0.2, 0.25) is 10.0 Å². The number of nitrogens with zero attached hydrogens (tertiary/aromatic N) is 2. The van der Waals surface area contributed by atoms with Crippen molar-refractivity contribution in [3.63, 3.8) is 0 Å². The molecule has 3 aromatic rings. The summed E-state index contributed by atoms with van der Waals surface area (Å²) in [4.78, 5) is 8.55. The van der Waals surface area contributed by atoms with Crippen LogP contribution in [0.1, 0.15) is 5.56 Å². The van der Waals surface area contributed by atoms with Crippen molar-refractivity contribution in [1.82, 2.24) is 9.97 Å². The van der Waals surface area contributed by atoms with Gasteiger partial charge in [-0.25, -0.2) is 14.4 Å². The van der Waals surface area contributed by atoms with Crippen molar-refractivity contribution in [2.75, 3.05) is 10.0 Å². The van der Waals surface area contributed by atoms with Crippen molar-refractivity contribution >= 4 is 57.5 Å². The molecule has 130 valence electrons. The molecule has 0 radical (unpaired) electrons. The van der Waals surface area contributed by atoms with E-state index >= 15 is 0 Å². The van der Waals surface area contributed by atoms with E-state index in [1.54, 1.807) is 10.9 Å². The summed E-state index contributed by atoms with van der Waals surface area (Å²) in [5.74, 6) is 0.492. The fourth-order valence-electron chi connectivity index (χ4n) is 1.93. The number of thiazole rings is 1. The molecule has 0 aliphatic carbocycles.